The second-order valence-corrected chi connectivity index (χ2v) is 14.6. The van der Waals surface area contributed by atoms with Crippen LogP contribution in [-0.4, -0.2) is 31.6 Å². The van der Waals surface area contributed by atoms with Crippen molar-refractivity contribution in [3.05, 3.63) is 96.2 Å². The average Bonchev–Trinajstić information content (AvgIpc) is 3.25. The van der Waals surface area contributed by atoms with E-state index in [2.05, 4.69) is 104 Å². The second-order valence-electron chi connectivity index (χ2n) is 10.1. The SMILES string of the molecule is CC(=O)/C=C/C[C@H](C)/C=C/N1CCC[C@H]1C(O[Si](C)(C)C)(c1ccccc1)c1ccccc1. The zero-order valence-corrected chi connectivity index (χ0v) is 21.8. The van der Waals surface area contributed by atoms with Gasteiger partial charge in [0.1, 0.15) is 5.60 Å². The average molecular weight is 462 g/mol. The van der Waals surface area contributed by atoms with Gasteiger partial charge < -0.3 is 9.33 Å². The van der Waals surface area contributed by atoms with E-state index in [-0.39, 0.29) is 11.8 Å². The highest BCUT2D eigenvalue weighted by atomic mass is 28.4. The van der Waals surface area contributed by atoms with Crippen molar-refractivity contribution in [3.63, 3.8) is 0 Å². The van der Waals surface area contributed by atoms with Crippen LogP contribution in [0.5, 0.6) is 0 Å². The lowest BCUT2D eigenvalue weighted by Crippen LogP contribution is -2.53. The molecule has 33 heavy (non-hydrogen) atoms. The van der Waals surface area contributed by atoms with E-state index in [9.17, 15) is 4.79 Å². The number of hydrogen-bond donors (Lipinski definition) is 0. The van der Waals surface area contributed by atoms with Gasteiger partial charge in [-0.05, 0) is 75.1 Å². The highest BCUT2D eigenvalue weighted by Gasteiger charge is 2.49. The maximum absolute atomic E-state index is 11.2. The highest BCUT2D eigenvalue weighted by molar-refractivity contribution is 6.69. The van der Waals surface area contributed by atoms with Crippen LogP contribution in [0.1, 0.15) is 44.2 Å². The summed E-state index contributed by atoms with van der Waals surface area (Å²) in [5, 5.41) is 0. The van der Waals surface area contributed by atoms with Crippen molar-refractivity contribution in [2.75, 3.05) is 6.54 Å². The lowest BCUT2D eigenvalue weighted by molar-refractivity contribution is -0.112. The summed E-state index contributed by atoms with van der Waals surface area (Å²) in [7, 11) is -1.92. The van der Waals surface area contributed by atoms with Crippen LogP contribution in [0.2, 0.25) is 19.6 Å². The zero-order chi connectivity index (χ0) is 23.9. The largest absolute Gasteiger partial charge is 0.402 e. The normalized spacial score (nSPS) is 18.3. The molecule has 1 fully saturated rings. The molecule has 0 aromatic heterocycles. The summed E-state index contributed by atoms with van der Waals surface area (Å²) in [5.74, 6) is 0.465. The number of carbonyl (C=O) groups excluding carboxylic acids is 1. The Labute approximate surface area is 201 Å². The summed E-state index contributed by atoms with van der Waals surface area (Å²) in [6.07, 6.45) is 11.3. The molecule has 3 rings (SSSR count). The van der Waals surface area contributed by atoms with Gasteiger partial charge in [0.25, 0.3) is 0 Å². The first-order valence-electron chi connectivity index (χ1n) is 12.1. The monoisotopic (exact) mass is 461 g/mol. The molecule has 2 atom stereocenters. The van der Waals surface area contributed by atoms with E-state index in [4.69, 9.17) is 4.43 Å². The van der Waals surface area contributed by atoms with Crippen LogP contribution in [0.4, 0.5) is 0 Å². The third-order valence-electron chi connectivity index (χ3n) is 6.10. The van der Waals surface area contributed by atoms with E-state index >= 15 is 0 Å². The molecule has 1 aliphatic rings. The van der Waals surface area contributed by atoms with Gasteiger partial charge in [-0.25, -0.2) is 0 Å². The molecule has 0 N–H and O–H groups in total. The predicted octanol–water partition coefficient (Wildman–Crippen LogP) is 6.93. The minimum atomic E-state index is -1.92. The van der Waals surface area contributed by atoms with Gasteiger partial charge in [0, 0.05) is 6.54 Å². The first-order chi connectivity index (χ1) is 15.7. The Hall–Kier alpha value is -2.43. The number of allylic oxidation sites excluding steroid dienone is 3. The van der Waals surface area contributed by atoms with Crippen LogP contribution in [0.3, 0.4) is 0 Å². The van der Waals surface area contributed by atoms with Crippen molar-refractivity contribution in [1.82, 2.24) is 4.90 Å². The minimum absolute atomic E-state index is 0.102. The highest BCUT2D eigenvalue weighted by Crippen LogP contribution is 2.45. The molecule has 3 nitrogen and oxygen atoms in total. The van der Waals surface area contributed by atoms with Crippen molar-refractivity contribution in [3.8, 4) is 0 Å². The Morgan fingerprint density at radius 1 is 1.09 bits per heavy atom. The molecular formula is C29H39NO2Si. The molecule has 0 spiro atoms. The summed E-state index contributed by atoms with van der Waals surface area (Å²) in [6.45, 7) is 11.7. The molecule has 0 bridgehead atoms. The quantitative estimate of drug-likeness (QED) is 0.284. The van der Waals surface area contributed by atoms with Crippen LogP contribution in [0, 0.1) is 5.92 Å². The van der Waals surface area contributed by atoms with E-state index in [0.717, 1.165) is 25.8 Å². The van der Waals surface area contributed by atoms with Gasteiger partial charge in [-0.3, -0.25) is 4.79 Å². The zero-order valence-electron chi connectivity index (χ0n) is 20.8. The van der Waals surface area contributed by atoms with Crippen LogP contribution < -0.4 is 0 Å². The van der Waals surface area contributed by atoms with E-state index in [1.807, 2.05) is 6.08 Å². The van der Waals surface area contributed by atoms with Crippen molar-refractivity contribution in [2.45, 2.75) is 64.4 Å². The molecule has 176 valence electrons. The molecule has 4 heteroatoms. The number of ketones is 1. The van der Waals surface area contributed by atoms with Crippen LogP contribution in [0.15, 0.2) is 85.1 Å². The molecule has 1 aliphatic heterocycles. The number of nitrogens with zero attached hydrogens (tertiary/aromatic N) is 1. The summed E-state index contributed by atoms with van der Waals surface area (Å²) in [6, 6.07) is 21.8. The molecule has 0 amide bonds. The van der Waals surface area contributed by atoms with E-state index in [1.54, 1.807) is 13.0 Å². The van der Waals surface area contributed by atoms with E-state index in [1.165, 1.54) is 11.1 Å². The third-order valence-corrected chi connectivity index (χ3v) is 7.04. The Balaban J connectivity index is 2.02. The van der Waals surface area contributed by atoms with Gasteiger partial charge in [0.05, 0.1) is 6.04 Å². The van der Waals surface area contributed by atoms with Gasteiger partial charge in [-0.2, -0.15) is 0 Å². The van der Waals surface area contributed by atoms with Gasteiger partial charge in [0.15, 0.2) is 14.1 Å². The Bertz CT molecular complexity index is 907. The summed E-state index contributed by atoms with van der Waals surface area (Å²) < 4.78 is 7.22. The van der Waals surface area contributed by atoms with Gasteiger partial charge in [-0.1, -0.05) is 79.7 Å². The van der Waals surface area contributed by atoms with Crippen LogP contribution >= 0.6 is 0 Å². The van der Waals surface area contributed by atoms with Crippen LogP contribution in [-0.2, 0) is 14.8 Å². The Morgan fingerprint density at radius 2 is 1.67 bits per heavy atom. The maximum Gasteiger partial charge on any atom is 0.185 e. The molecule has 1 saturated heterocycles. The molecule has 0 aliphatic carbocycles. The lowest BCUT2D eigenvalue weighted by atomic mass is 9.79. The maximum atomic E-state index is 11.2. The topological polar surface area (TPSA) is 29.5 Å². The van der Waals surface area contributed by atoms with Gasteiger partial charge in [-0.15, -0.1) is 0 Å². The fraction of sp³-hybridized carbons (Fsp3) is 0.414. The fourth-order valence-corrected chi connectivity index (χ4v) is 6.12. The van der Waals surface area contributed by atoms with Crippen molar-refractivity contribution in [1.29, 1.82) is 0 Å². The predicted molar refractivity (Wildman–Crippen MR) is 141 cm³/mol. The molecule has 2 aromatic carbocycles. The standard InChI is InChI=1S/C29H39NO2Si/c1-24(14-12-15-25(2)31)21-23-30-22-13-20-28(30)29(32-33(3,4)5,26-16-8-6-9-17-26)27-18-10-7-11-19-27/h6-12,15-19,21,23-24,28H,13-14,20,22H2,1-5H3/b15-12+,23-21+/t24-,28-/m0/s1. The Morgan fingerprint density at radius 3 is 2.18 bits per heavy atom. The lowest BCUT2D eigenvalue weighted by Gasteiger charge is -2.47. The van der Waals surface area contributed by atoms with Crippen LogP contribution in [0.25, 0.3) is 0 Å². The third kappa shape index (κ3) is 6.55. The first kappa shape index (κ1) is 25.2. The summed E-state index contributed by atoms with van der Waals surface area (Å²) >= 11 is 0. The number of benzene rings is 2. The molecule has 0 unspecified atom stereocenters. The van der Waals surface area contributed by atoms with E-state index in [0.29, 0.717) is 5.92 Å². The molecular weight excluding hydrogens is 422 g/mol. The molecule has 0 saturated carbocycles. The minimum Gasteiger partial charge on any atom is -0.402 e. The summed E-state index contributed by atoms with van der Waals surface area (Å²) in [5.41, 5.74) is 1.92. The molecule has 2 aromatic rings. The smallest absolute Gasteiger partial charge is 0.185 e. The van der Waals surface area contributed by atoms with E-state index < -0.39 is 13.9 Å². The summed E-state index contributed by atoms with van der Waals surface area (Å²) in [4.78, 5) is 13.7. The van der Waals surface area contributed by atoms with Gasteiger partial charge >= 0.3 is 0 Å². The second kappa shape index (κ2) is 11.1. The molecule has 0 radical (unpaired) electrons. The fourth-order valence-electron chi connectivity index (χ4n) is 4.78. The number of hydrogen-bond acceptors (Lipinski definition) is 3. The molecule has 1 heterocycles. The van der Waals surface area contributed by atoms with Crippen molar-refractivity contribution >= 4 is 14.1 Å². The van der Waals surface area contributed by atoms with Crippen molar-refractivity contribution in [2.24, 2.45) is 5.92 Å². The number of carbonyl (C=O) groups is 1. The van der Waals surface area contributed by atoms with Gasteiger partial charge in [0.2, 0.25) is 0 Å². The first-order valence-corrected chi connectivity index (χ1v) is 15.6. The van der Waals surface area contributed by atoms with Crippen molar-refractivity contribution < 1.29 is 9.22 Å². The Kier molecular flexibility index (Phi) is 8.50. The number of rotatable bonds is 10. The number of likely N-dealkylation sites (tertiary alicyclic amines) is 1.